The molecule has 3 N–H and O–H groups in total. The topological polar surface area (TPSA) is 127 Å². The van der Waals surface area contributed by atoms with E-state index in [1.54, 1.807) is 18.0 Å². The molecule has 10 heteroatoms. The highest BCUT2D eigenvalue weighted by molar-refractivity contribution is 5.81. The van der Waals surface area contributed by atoms with Crippen LogP contribution < -0.4 is 5.73 Å². The highest BCUT2D eigenvalue weighted by Crippen LogP contribution is 2.40. The number of ether oxygens (including phenoxy) is 4. The quantitative estimate of drug-likeness (QED) is 0.732. The normalized spacial score (nSPS) is 33.4. The molecule has 1 unspecified atom stereocenters. The van der Waals surface area contributed by atoms with Crippen LogP contribution in [0.15, 0.2) is 12.7 Å². The minimum atomic E-state index is -0.529. The van der Waals surface area contributed by atoms with Gasteiger partial charge in [-0.1, -0.05) is 0 Å². The zero-order chi connectivity index (χ0) is 16.0. The summed E-state index contributed by atoms with van der Waals surface area (Å²) in [6.45, 7) is 0.127. The van der Waals surface area contributed by atoms with E-state index in [1.807, 2.05) is 0 Å². The van der Waals surface area contributed by atoms with E-state index in [4.69, 9.17) is 24.7 Å². The van der Waals surface area contributed by atoms with Crippen molar-refractivity contribution in [3.8, 4) is 0 Å². The van der Waals surface area contributed by atoms with Gasteiger partial charge in [0.15, 0.2) is 24.0 Å². The van der Waals surface area contributed by atoms with Gasteiger partial charge in [-0.25, -0.2) is 15.0 Å². The summed E-state index contributed by atoms with van der Waals surface area (Å²) in [4.78, 5) is 12.4. The molecular formula is C13H17N5O5. The lowest BCUT2D eigenvalue weighted by Crippen LogP contribution is -2.31. The summed E-state index contributed by atoms with van der Waals surface area (Å²) >= 11 is 0. The van der Waals surface area contributed by atoms with E-state index >= 15 is 0 Å². The Balaban J connectivity index is 1.69. The van der Waals surface area contributed by atoms with E-state index in [2.05, 4.69) is 15.0 Å². The molecule has 5 atom stereocenters. The predicted octanol–water partition coefficient (Wildman–Crippen LogP) is -0.945. The molecule has 0 radical (unpaired) electrons. The molecule has 0 bridgehead atoms. The summed E-state index contributed by atoms with van der Waals surface area (Å²) in [5.41, 5.74) is 6.84. The van der Waals surface area contributed by atoms with E-state index in [9.17, 15) is 5.11 Å². The van der Waals surface area contributed by atoms with Gasteiger partial charge in [-0.15, -0.1) is 0 Å². The molecule has 2 saturated heterocycles. The Labute approximate surface area is 131 Å². The van der Waals surface area contributed by atoms with E-state index in [1.165, 1.54) is 6.33 Å². The molecule has 0 spiro atoms. The molecule has 4 rings (SSSR count). The van der Waals surface area contributed by atoms with Gasteiger partial charge in [0.1, 0.15) is 30.2 Å². The van der Waals surface area contributed by atoms with Gasteiger partial charge >= 0.3 is 0 Å². The third-order valence-electron chi connectivity index (χ3n) is 4.05. The van der Waals surface area contributed by atoms with Gasteiger partial charge in [0.05, 0.1) is 19.5 Å². The average molecular weight is 323 g/mol. The molecule has 0 amide bonds. The molecule has 124 valence electrons. The summed E-state index contributed by atoms with van der Waals surface area (Å²) < 4.78 is 24.3. The van der Waals surface area contributed by atoms with E-state index in [0.717, 1.165) is 0 Å². The van der Waals surface area contributed by atoms with Gasteiger partial charge in [0, 0.05) is 7.11 Å². The van der Waals surface area contributed by atoms with Crippen molar-refractivity contribution in [2.24, 2.45) is 0 Å². The fourth-order valence-corrected chi connectivity index (χ4v) is 3.04. The Morgan fingerprint density at radius 2 is 2.09 bits per heavy atom. The number of imidazole rings is 1. The van der Waals surface area contributed by atoms with E-state index in [-0.39, 0.29) is 12.7 Å². The maximum absolute atomic E-state index is 9.54. The number of nitrogen functional groups attached to an aromatic ring is 1. The lowest BCUT2D eigenvalue weighted by molar-refractivity contribution is -0.166. The number of anilines is 1. The number of hydrogen-bond donors (Lipinski definition) is 2. The summed E-state index contributed by atoms with van der Waals surface area (Å²) in [7, 11) is 1.57. The van der Waals surface area contributed by atoms with Crippen molar-refractivity contribution in [1.82, 2.24) is 19.5 Å². The van der Waals surface area contributed by atoms with Gasteiger partial charge in [-0.05, 0) is 0 Å². The summed E-state index contributed by atoms with van der Waals surface area (Å²) in [6, 6.07) is 0. The summed E-state index contributed by atoms with van der Waals surface area (Å²) in [5, 5.41) is 9.54. The van der Waals surface area contributed by atoms with Crippen LogP contribution in [0, 0.1) is 0 Å². The molecule has 23 heavy (non-hydrogen) atoms. The fraction of sp³-hybridized carbons (Fsp3) is 0.615. The van der Waals surface area contributed by atoms with Crippen molar-refractivity contribution in [3.05, 3.63) is 12.7 Å². The lowest BCUT2D eigenvalue weighted by Gasteiger charge is -2.20. The third-order valence-corrected chi connectivity index (χ3v) is 4.05. The number of aliphatic hydroxyl groups excluding tert-OH is 1. The Hall–Kier alpha value is -1.85. The molecule has 0 saturated carbocycles. The molecule has 2 fully saturated rings. The van der Waals surface area contributed by atoms with Crippen LogP contribution in [0.25, 0.3) is 11.2 Å². The Bertz CT molecular complexity index is 709. The Kier molecular flexibility index (Phi) is 3.62. The molecule has 2 aromatic heterocycles. The number of aromatic nitrogens is 4. The first-order valence-electron chi connectivity index (χ1n) is 7.22. The maximum Gasteiger partial charge on any atom is 0.182 e. The number of rotatable bonds is 4. The minimum Gasteiger partial charge on any atom is -0.394 e. The van der Waals surface area contributed by atoms with Crippen molar-refractivity contribution >= 4 is 17.0 Å². The number of aliphatic hydroxyl groups is 1. The fourth-order valence-electron chi connectivity index (χ4n) is 3.04. The van der Waals surface area contributed by atoms with Crippen LogP contribution in [0.3, 0.4) is 0 Å². The van der Waals surface area contributed by atoms with Crippen LogP contribution >= 0.6 is 0 Å². The highest BCUT2D eigenvalue weighted by atomic mass is 16.8. The number of nitrogens with two attached hydrogens (primary N) is 1. The van der Waals surface area contributed by atoms with E-state index in [0.29, 0.717) is 23.6 Å². The highest BCUT2D eigenvalue weighted by Gasteiger charge is 2.53. The number of methoxy groups -OCH3 is 1. The van der Waals surface area contributed by atoms with Crippen molar-refractivity contribution < 1.29 is 24.1 Å². The Morgan fingerprint density at radius 3 is 2.87 bits per heavy atom. The second kappa shape index (κ2) is 5.65. The van der Waals surface area contributed by atoms with Crippen LogP contribution in [0.5, 0.6) is 0 Å². The molecule has 0 aromatic carbocycles. The van der Waals surface area contributed by atoms with Gasteiger partial charge in [-0.2, -0.15) is 0 Å². The first-order chi connectivity index (χ1) is 11.2. The van der Waals surface area contributed by atoms with Crippen LogP contribution in [-0.4, -0.2) is 69.6 Å². The van der Waals surface area contributed by atoms with Gasteiger partial charge in [0.2, 0.25) is 0 Å². The van der Waals surface area contributed by atoms with Crippen molar-refractivity contribution in [3.63, 3.8) is 0 Å². The summed E-state index contributed by atoms with van der Waals surface area (Å²) in [6.07, 6.45) is 0.629. The SMILES string of the molecule is COCC1O[C@@H]2[C@H](O1)[C@@H](CO)O[C@H]2n1cnc2c(N)ncnc21. The molecule has 0 aliphatic carbocycles. The molecule has 2 aromatic rings. The van der Waals surface area contributed by atoms with Crippen molar-refractivity contribution in [2.75, 3.05) is 26.1 Å². The van der Waals surface area contributed by atoms with Gasteiger partial charge < -0.3 is 29.8 Å². The molecular weight excluding hydrogens is 306 g/mol. The monoisotopic (exact) mass is 323 g/mol. The van der Waals surface area contributed by atoms with Crippen molar-refractivity contribution in [2.45, 2.75) is 30.8 Å². The van der Waals surface area contributed by atoms with Crippen LogP contribution in [-0.2, 0) is 18.9 Å². The molecule has 2 aliphatic heterocycles. The van der Waals surface area contributed by atoms with Crippen LogP contribution in [0.4, 0.5) is 5.82 Å². The molecule has 10 nitrogen and oxygen atoms in total. The zero-order valence-corrected chi connectivity index (χ0v) is 12.4. The zero-order valence-electron chi connectivity index (χ0n) is 12.4. The Morgan fingerprint density at radius 1 is 1.26 bits per heavy atom. The smallest absolute Gasteiger partial charge is 0.182 e. The maximum atomic E-state index is 9.54. The van der Waals surface area contributed by atoms with E-state index < -0.39 is 24.7 Å². The second-order valence-corrected chi connectivity index (χ2v) is 5.42. The first-order valence-corrected chi connectivity index (χ1v) is 7.22. The van der Waals surface area contributed by atoms with Crippen LogP contribution in [0.2, 0.25) is 0 Å². The average Bonchev–Trinajstić information content (AvgIpc) is 3.21. The summed E-state index contributed by atoms with van der Waals surface area (Å²) in [5.74, 6) is 0.294. The standard InChI is InChI=1S/C13H17N5O5/c1-20-3-7-22-9-6(2-19)21-13(10(9)23-7)18-5-17-8-11(14)15-4-16-12(8)18/h4-7,9-10,13,19H,2-3H2,1H3,(H2,14,15,16)/t6-,7?,9-,10-,13-/m1/s1. The van der Waals surface area contributed by atoms with Crippen molar-refractivity contribution in [1.29, 1.82) is 0 Å². The van der Waals surface area contributed by atoms with Gasteiger partial charge in [-0.3, -0.25) is 4.57 Å². The largest absolute Gasteiger partial charge is 0.394 e. The number of fused-ring (bicyclic) bond motifs is 2. The molecule has 2 aliphatic rings. The predicted molar refractivity (Wildman–Crippen MR) is 76.1 cm³/mol. The third kappa shape index (κ3) is 2.26. The number of nitrogens with zero attached hydrogens (tertiary/aromatic N) is 4. The lowest BCUT2D eigenvalue weighted by atomic mass is 10.1. The first kappa shape index (κ1) is 14.7. The second-order valence-electron chi connectivity index (χ2n) is 5.42. The minimum absolute atomic E-state index is 0.176. The molecule has 4 heterocycles. The van der Waals surface area contributed by atoms with Crippen LogP contribution in [0.1, 0.15) is 6.23 Å². The van der Waals surface area contributed by atoms with Gasteiger partial charge in [0.25, 0.3) is 0 Å². The number of hydrogen-bond acceptors (Lipinski definition) is 9.